The molecule has 0 spiro atoms. The Morgan fingerprint density at radius 2 is 1.60 bits per heavy atom. The second-order valence-corrected chi connectivity index (χ2v) is 10.5. The number of amides is 1. The number of nitrogens with zero attached hydrogens (tertiary/aromatic N) is 4. The Labute approximate surface area is 260 Å². The van der Waals surface area contributed by atoms with E-state index in [9.17, 15) is 14.7 Å². The Morgan fingerprint density at radius 1 is 0.956 bits per heavy atom. The van der Waals surface area contributed by atoms with Gasteiger partial charge in [0.15, 0.2) is 5.88 Å². The number of H-pyrrole nitrogens is 1. The van der Waals surface area contributed by atoms with Crippen molar-refractivity contribution in [1.29, 1.82) is 0 Å². The van der Waals surface area contributed by atoms with Crippen LogP contribution in [-0.4, -0.2) is 114 Å². The van der Waals surface area contributed by atoms with Gasteiger partial charge in [-0.05, 0) is 43.4 Å². The molecule has 4 aromatic rings. The number of aromatic hydroxyl groups is 1. The first-order chi connectivity index (χ1) is 21.6. The first-order valence-electron chi connectivity index (χ1n) is 14.3. The van der Waals surface area contributed by atoms with E-state index in [-0.39, 0.29) is 11.8 Å². The number of hydrogen-bond donors (Lipinski definition) is 4. The van der Waals surface area contributed by atoms with E-state index in [1.165, 1.54) is 7.11 Å². The standard InChI is InChI=1S/C31H33N5O4.C2H4O3/c1-34-15-17-36(18-16-34)20-27(37)35(2)24-12-10-23(11-13-24)32-29(21-7-5-4-6-8-21)28-25-14-9-22(31(39)40-3)19-26(25)33-30(28)38;3-1-2(4)5/h4-14,19,33,38H,15-18,20H2,1-3H3;3H,1H2,(H,4,5). The van der Waals surface area contributed by atoms with Crippen molar-refractivity contribution < 1.29 is 34.4 Å². The number of methoxy groups -OCH3 is 1. The van der Waals surface area contributed by atoms with Gasteiger partial charge in [-0.15, -0.1) is 0 Å². The minimum absolute atomic E-state index is 0.0424. The number of esters is 1. The monoisotopic (exact) mass is 615 g/mol. The highest BCUT2D eigenvalue weighted by Gasteiger charge is 2.21. The average Bonchev–Trinajstić information content (AvgIpc) is 3.39. The van der Waals surface area contributed by atoms with Gasteiger partial charge in [0.25, 0.3) is 0 Å². The van der Waals surface area contributed by atoms with Crippen molar-refractivity contribution in [1.82, 2.24) is 14.8 Å². The number of aliphatic hydroxyl groups is 1. The van der Waals surface area contributed by atoms with Gasteiger partial charge in [-0.1, -0.05) is 36.4 Å². The number of aliphatic imine (C=N–C) groups is 1. The maximum Gasteiger partial charge on any atom is 0.337 e. The quantitative estimate of drug-likeness (QED) is 0.173. The summed E-state index contributed by atoms with van der Waals surface area (Å²) in [4.78, 5) is 48.1. The zero-order valence-electron chi connectivity index (χ0n) is 25.4. The van der Waals surface area contributed by atoms with Crippen molar-refractivity contribution in [2.24, 2.45) is 4.99 Å². The fourth-order valence-electron chi connectivity index (χ4n) is 4.86. The van der Waals surface area contributed by atoms with Gasteiger partial charge in [-0.3, -0.25) is 9.69 Å². The predicted octanol–water partition coefficient (Wildman–Crippen LogP) is 3.10. The van der Waals surface area contributed by atoms with E-state index in [2.05, 4.69) is 21.8 Å². The van der Waals surface area contributed by atoms with Crippen LogP contribution in [0.3, 0.4) is 0 Å². The van der Waals surface area contributed by atoms with E-state index < -0.39 is 18.5 Å². The summed E-state index contributed by atoms with van der Waals surface area (Å²) in [6, 6.07) is 22.2. The predicted molar refractivity (Wildman–Crippen MR) is 172 cm³/mol. The average molecular weight is 616 g/mol. The number of carbonyl (C=O) groups is 3. The van der Waals surface area contributed by atoms with E-state index in [4.69, 9.17) is 24.7 Å². The Bertz CT molecular complexity index is 1660. The Hall–Kier alpha value is -5.04. The number of fused-ring (bicyclic) bond motifs is 1. The molecule has 12 nitrogen and oxygen atoms in total. The third-order valence-electron chi connectivity index (χ3n) is 7.43. The van der Waals surface area contributed by atoms with Crippen LogP contribution < -0.4 is 4.90 Å². The van der Waals surface area contributed by atoms with Crippen LogP contribution in [0.4, 0.5) is 11.4 Å². The maximum absolute atomic E-state index is 12.9. The molecule has 236 valence electrons. The van der Waals surface area contributed by atoms with Crippen molar-refractivity contribution in [3.05, 3.63) is 89.5 Å². The van der Waals surface area contributed by atoms with E-state index in [0.29, 0.717) is 34.6 Å². The molecule has 0 atom stereocenters. The molecule has 0 bridgehead atoms. The number of hydrogen-bond acceptors (Lipinski definition) is 9. The largest absolute Gasteiger partial charge is 0.494 e. The number of ether oxygens (including phenoxy) is 1. The van der Waals surface area contributed by atoms with E-state index in [0.717, 1.165) is 42.8 Å². The lowest BCUT2D eigenvalue weighted by Crippen LogP contribution is -2.48. The normalized spacial score (nSPS) is 14.0. The van der Waals surface area contributed by atoms with Crippen LogP contribution in [0.5, 0.6) is 5.88 Å². The molecule has 45 heavy (non-hydrogen) atoms. The molecule has 0 unspecified atom stereocenters. The van der Waals surface area contributed by atoms with Gasteiger partial charge >= 0.3 is 11.9 Å². The molecule has 1 saturated heterocycles. The summed E-state index contributed by atoms with van der Waals surface area (Å²) in [7, 11) is 5.22. The van der Waals surface area contributed by atoms with Crippen molar-refractivity contribution in [2.45, 2.75) is 0 Å². The van der Waals surface area contributed by atoms with Crippen molar-refractivity contribution in [3.63, 3.8) is 0 Å². The number of piperazine rings is 1. The molecule has 1 fully saturated rings. The molecule has 1 aromatic heterocycles. The summed E-state index contributed by atoms with van der Waals surface area (Å²) in [6.45, 7) is 3.31. The molecule has 1 aliphatic rings. The lowest BCUT2D eigenvalue weighted by Gasteiger charge is -2.32. The van der Waals surface area contributed by atoms with Crippen LogP contribution in [-0.2, 0) is 14.3 Å². The number of likely N-dealkylation sites (N-methyl/N-ethyl adjacent to an activating group) is 2. The molecule has 12 heteroatoms. The first kappa shape index (κ1) is 32.9. The van der Waals surface area contributed by atoms with Crippen LogP contribution in [0.25, 0.3) is 10.9 Å². The zero-order valence-corrected chi connectivity index (χ0v) is 25.4. The Kier molecular flexibility index (Phi) is 11.0. The van der Waals surface area contributed by atoms with E-state index in [1.54, 1.807) is 30.1 Å². The van der Waals surface area contributed by atoms with Gasteiger partial charge in [-0.25, -0.2) is 14.6 Å². The molecular weight excluding hydrogens is 578 g/mol. The Balaban J connectivity index is 0.000000854. The summed E-state index contributed by atoms with van der Waals surface area (Å²) in [5, 5.41) is 26.7. The number of aromatic amines is 1. The number of carboxylic acid groups (broad SMARTS) is 1. The van der Waals surface area contributed by atoms with Crippen molar-refractivity contribution in [2.75, 3.05) is 65.4 Å². The van der Waals surface area contributed by atoms with E-state index in [1.807, 2.05) is 54.6 Å². The lowest BCUT2D eigenvalue weighted by atomic mass is 10.00. The van der Waals surface area contributed by atoms with Crippen molar-refractivity contribution in [3.8, 4) is 5.88 Å². The lowest BCUT2D eigenvalue weighted by molar-refractivity contribution is -0.140. The highest BCUT2D eigenvalue weighted by Crippen LogP contribution is 2.32. The molecule has 0 aliphatic carbocycles. The molecule has 1 amide bonds. The number of benzene rings is 3. The fourth-order valence-corrected chi connectivity index (χ4v) is 4.86. The summed E-state index contributed by atoms with van der Waals surface area (Å²) >= 11 is 0. The molecular formula is C33H37N5O7. The second kappa shape index (κ2) is 15.1. The summed E-state index contributed by atoms with van der Waals surface area (Å²) in [6.07, 6.45) is 0. The van der Waals surface area contributed by atoms with Gasteiger partial charge in [0, 0.05) is 55.4 Å². The SMILES string of the molecule is COC(=O)c1ccc2c(C(=Nc3ccc(N(C)C(=O)CN4CCN(C)CC4)cc3)c3ccccc3)c(O)[nH]c2c1.O=C(O)CO. The molecule has 5 rings (SSSR count). The van der Waals surface area contributed by atoms with Crippen molar-refractivity contribution >= 4 is 45.8 Å². The zero-order chi connectivity index (χ0) is 32.5. The molecule has 4 N–H and O–H groups in total. The molecule has 2 heterocycles. The topological polar surface area (TPSA) is 159 Å². The van der Waals surface area contributed by atoms with Crippen LogP contribution in [0.2, 0.25) is 0 Å². The van der Waals surface area contributed by atoms with Crippen LogP contribution in [0.1, 0.15) is 21.5 Å². The van der Waals surface area contributed by atoms with Gasteiger partial charge in [0.1, 0.15) is 6.61 Å². The summed E-state index contributed by atoms with van der Waals surface area (Å²) in [5.41, 5.74) is 4.34. The summed E-state index contributed by atoms with van der Waals surface area (Å²) in [5.74, 6) is -1.65. The molecule has 0 radical (unpaired) electrons. The fraction of sp³-hybridized carbons (Fsp3) is 0.273. The van der Waals surface area contributed by atoms with Gasteiger partial charge in [0.05, 0.1) is 36.2 Å². The Morgan fingerprint density at radius 3 is 2.20 bits per heavy atom. The number of aromatic nitrogens is 1. The third-order valence-corrected chi connectivity index (χ3v) is 7.43. The first-order valence-corrected chi connectivity index (χ1v) is 14.3. The summed E-state index contributed by atoms with van der Waals surface area (Å²) < 4.78 is 4.83. The minimum Gasteiger partial charge on any atom is -0.494 e. The van der Waals surface area contributed by atoms with Crippen LogP contribution in [0.15, 0.2) is 77.8 Å². The molecule has 0 saturated carbocycles. The maximum atomic E-state index is 12.9. The van der Waals surface area contributed by atoms with Gasteiger partial charge in [0.2, 0.25) is 5.91 Å². The molecule has 1 aliphatic heterocycles. The minimum atomic E-state index is -1.19. The van der Waals surface area contributed by atoms with E-state index >= 15 is 0 Å². The molecule has 3 aromatic carbocycles. The third kappa shape index (κ3) is 8.32. The number of anilines is 1. The second-order valence-electron chi connectivity index (χ2n) is 10.5. The number of aliphatic carboxylic acids is 1. The van der Waals surface area contributed by atoms with Gasteiger partial charge in [-0.2, -0.15) is 0 Å². The number of carbonyl (C=O) groups excluding carboxylic acids is 2. The highest BCUT2D eigenvalue weighted by molar-refractivity contribution is 6.22. The number of carboxylic acids is 1. The number of rotatable bonds is 8. The van der Waals surface area contributed by atoms with Crippen LogP contribution >= 0.6 is 0 Å². The van der Waals surface area contributed by atoms with Crippen LogP contribution in [0, 0.1) is 0 Å². The smallest absolute Gasteiger partial charge is 0.337 e. The number of nitrogens with one attached hydrogen (secondary N) is 1. The van der Waals surface area contributed by atoms with Gasteiger partial charge < -0.3 is 34.8 Å². The highest BCUT2D eigenvalue weighted by atomic mass is 16.5. The number of aliphatic hydroxyl groups excluding tert-OH is 1.